The van der Waals surface area contributed by atoms with Crippen molar-refractivity contribution in [2.45, 2.75) is 12.8 Å². The minimum absolute atomic E-state index is 0.00637. The third kappa shape index (κ3) is 4.18. The van der Waals surface area contributed by atoms with Crippen molar-refractivity contribution in [1.82, 2.24) is 0 Å². The number of rotatable bonds is 4. The highest BCUT2D eigenvalue weighted by atomic mass is 32.1. The predicted molar refractivity (Wildman–Crippen MR) is 90.9 cm³/mol. The molecule has 3 rings (SSSR count). The Balaban J connectivity index is 1.62. The molecule has 2 amide bonds. The lowest BCUT2D eigenvalue weighted by Gasteiger charge is -2.21. The summed E-state index contributed by atoms with van der Waals surface area (Å²) in [7, 11) is 0. The van der Waals surface area contributed by atoms with Gasteiger partial charge in [0, 0.05) is 30.5 Å². The van der Waals surface area contributed by atoms with Crippen molar-refractivity contribution in [3.05, 3.63) is 46.7 Å². The molecular weight excluding hydrogens is 312 g/mol. The number of carbonyl (C=O) groups is 2. The van der Waals surface area contributed by atoms with Gasteiger partial charge >= 0.3 is 0 Å². The molecule has 6 heteroatoms. The summed E-state index contributed by atoms with van der Waals surface area (Å²) in [5.74, 6) is -0.143. The molecule has 0 aliphatic carbocycles. The first-order chi connectivity index (χ1) is 11.2. The van der Waals surface area contributed by atoms with Gasteiger partial charge in [0.2, 0.25) is 5.91 Å². The third-order valence-electron chi connectivity index (χ3n) is 3.73. The van der Waals surface area contributed by atoms with E-state index >= 15 is 0 Å². The molecule has 0 radical (unpaired) electrons. The van der Waals surface area contributed by atoms with Gasteiger partial charge in [0.1, 0.15) is 0 Å². The fourth-order valence-electron chi connectivity index (χ4n) is 2.48. The Hall–Kier alpha value is -2.18. The van der Waals surface area contributed by atoms with Crippen LogP contribution in [-0.2, 0) is 9.53 Å². The molecule has 2 N–H and O–H groups in total. The van der Waals surface area contributed by atoms with E-state index in [0.29, 0.717) is 29.5 Å². The minimum Gasteiger partial charge on any atom is -0.381 e. The van der Waals surface area contributed by atoms with Gasteiger partial charge in [0.05, 0.1) is 4.88 Å². The third-order valence-corrected chi connectivity index (χ3v) is 4.59. The lowest BCUT2D eigenvalue weighted by Crippen LogP contribution is -2.28. The van der Waals surface area contributed by atoms with Crippen LogP contribution in [0.4, 0.5) is 11.4 Å². The summed E-state index contributed by atoms with van der Waals surface area (Å²) in [6, 6.07) is 10.8. The van der Waals surface area contributed by atoms with Crippen molar-refractivity contribution < 1.29 is 14.3 Å². The molecule has 1 fully saturated rings. The number of hydrogen-bond acceptors (Lipinski definition) is 4. The van der Waals surface area contributed by atoms with Crippen molar-refractivity contribution in [2.75, 3.05) is 23.8 Å². The molecule has 1 aromatic carbocycles. The average molecular weight is 330 g/mol. The van der Waals surface area contributed by atoms with Gasteiger partial charge in [-0.1, -0.05) is 12.1 Å². The number of carbonyl (C=O) groups excluding carboxylic acids is 2. The van der Waals surface area contributed by atoms with Crippen LogP contribution in [0.3, 0.4) is 0 Å². The zero-order chi connectivity index (χ0) is 16.1. The Kier molecular flexibility index (Phi) is 5.05. The zero-order valence-corrected chi connectivity index (χ0v) is 13.4. The van der Waals surface area contributed by atoms with Gasteiger partial charge in [-0.3, -0.25) is 9.59 Å². The van der Waals surface area contributed by atoms with E-state index in [1.165, 1.54) is 11.3 Å². The summed E-state index contributed by atoms with van der Waals surface area (Å²) in [5, 5.41) is 7.62. The summed E-state index contributed by atoms with van der Waals surface area (Å²) in [6.45, 7) is 1.27. The second kappa shape index (κ2) is 7.39. The molecule has 0 atom stereocenters. The molecule has 2 heterocycles. The summed E-state index contributed by atoms with van der Waals surface area (Å²) >= 11 is 1.39. The SMILES string of the molecule is O=C(Nc1cccc(NC(=O)C2CCOCC2)c1)c1cccs1. The van der Waals surface area contributed by atoms with Gasteiger partial charge in [-0.25, -0.2) is 0 Å². The fraction of sp³-hybridized carbons (Fsp3) is 0.294. The van der Waals surface area contributed by atoms with E-state index in [-0.39, 0.29) is 17.7 Å². The molecule has 1 aromatic heterocycles. The van der Waals surface area contributed by atoms with Crippen LogP contribution in [0.15, 0.2) is 41.8 Å². The Morgan fingerprint density at radius 1 is 1.04 bits per heavy atom. The normalized spacial score (nSPS) is 15.1. The van der Waals surface area contributed by atoms with Crippen molar-refractivity contribution in [1.29, 1.82) is 0 Å². The van der Waals surface area contributed by atoms with Gasteiger partial charge in [-0.05, 0) is 42.5 Å². The number of thiophene rings is 1. The molecule has 0 bridgehead atoms. The molecule has 0 saturated carbocycles. The van der Waals surface area contributed by atoms with Crippen LogP contribution in [0, 0.1) is 5.92 Å². The molecule has 1 aliphatic heterocycles. The Morgan fingerprint density at radius 2 is 1.78 bits per heavy atom. The van der Waals surface area contributed by atoms with E-state index in [2.05, 4.69) is 10.6 Å². The second-order valence-corrected chi connectivity index (χ2v) is 6.34. The summed E-state index contributed by atoms with van der Waals surface area (Å²) in [5.41, 5.74) is 1.35. The Bertz CT molecular complexity index is 679. The van der Waals surface area contributed by atoms with Crippen molar-refractivity contribution >= 4 is 34.5 Å². The van der Waals surface area contributed by atoms with E-state index < -0.39 is 0 Å². The first kappa shape index (κ1) is 15.7. The highest BCUT2D eigenvalue weighted by Crippen LogP contribution is 2.20. The number of ether oxygens (including phenoxy) is 1. The molecule has 120 valence electrons. The number of anilines is 2. The number of hydrogen-bond donors (Lipinski definition) is 2. The van der Waals surface area contributed by atoms with E-state index in [1.54, 1.807) is 18.2 Å². The first-order valence-electron chi connectivity index (χ1n) is 7.56. The zero-order valence-electron chi connectivity index (χ0n) is 12.6. The lowest BCUT2D eigenvalue weighted by molar-refractivity contribution is -0.122. The van der Waals surface area contributed by atoms with Gasteiger partial charge in [0.25, 0.3) is 5.91 Å². The highest BCUT2D eigenvalue weighted by Gasteiger charge is 2.21. The largest absolute Gasteiger partial charge is 0.381 e. The molecule has 5 nitrogen and oxygen atoms in total. The highest BCUT2D eigenvalue weighted by molar-refractivity contribution is 7.12. The smallest absolute Gasteiger partial charge is 0.265 e. The average Bonchev–Trinajstić information content (AvgIpc) is 3.10. The van der Waals surface area contributed by atoms with Crippen molar-refractivity contribution in [2.24, 2.45) is 5.92 Å². The summed E-state index contributed by atoms with van der Waals surface area (Å²) in [6.07, 6.45) is 1.50. The van der Waals surface area contributed by atoms with Crippen molar-refractivity contribution in [3.8, 4) is 0 Å². The quantitative estimate of drug-likeness (QED) is 0.903. The fourth-order valence-corrected chi connectivity index (χ4v) is 3.10. The topological polar surface area (TPSA) is 67.4 Å². The van der Waals surface area contributed by atoms with Gasteiger partial charge in [-0.15, -0.1) is 11.3 Å². The number of amides is 2. The van der Waals surface area contributed by atoms with Crippen molar-refractivity contribution in [3.63, 3.8) is 0 Å². The molecule has 0 unspecified atom stereocenters. The Morgan fingerprint density at radius 3 is 2.48 bits per heavy atom. The molecular formula is C17H18N2O3S. The van der Waals surface area contributed by atoms with Gasteiger partial charge < -0.3 is 15.4 Å². The monoisotopic (exact) mass is 330 g/mol. The first-order valence-corrected chi connectivity index (χ1v) is 8.44. The molecule has 23 heavy (non-hydrogen) atoms. The molecule has 1 aliphatic rings. The molecule has 0 spiro atoms. The van der Waals surface area contributed by atoms with Crippen LogP contribution in [0.25, 0.3) is 0 Å². The second-order valence-electron chi connectivity index (χ2n) is 5.39. The van der Waals surface area contributed by atoms with Crippen LogP contribution < -0.4 is 10.6 Å². The van der Waals surface area contributed by atoms with E-state index in [1.807, 2.05) is 23.6 Å². The summed E-state index contributed by atoms with van der Waals surface area (Å²) in [4.78, 5) is 24.9. The van der Waals surface area contributed by atoms with E-state index in [0.717, 1.165) is 12.8 Å². The van der Waals surface area contributed by atoms with Crippen LogP contribution in [0.2, 0.25) is 0 Å². The van der Waals surface area contributed by atoms with Gasteiger partial charge in [-0.2, -0.15) is 0 Å². The van der Waals surface area contributed by atoms with Crippen LogP contribution >= 0.6 is 11.3 Å². The maximum atomic E-state index is 12.2. The van der Waals surface area contributed by atoms with E-state index in [4.69, 9.17) is 4.74 Å². The van der Waals surface area contributed by atoms with E-state index in [9.17, 15) is 9.59 Å². The predicted octanol–water partition coefficient (Wildman–Crippen LogP) is 3.37. The molecule has 2 aromatic rings. The van der Waals surface area contributed by atoms with Crippen LogP contribution in [0.5, 0.6) is 0 Å². The Labute approximate surface area is 138 Å². The number of nitrogens with one attached hydrogen (secondary N) is 2. The maximum Gasteiger partial charge on any atom is 0.265 e. The summed E-state index contributed by atoms with van der Waals surface area (Å²) < 4.78 is 5.27. The maximum absolute atomic E-state index is 12.2. The number of benzene rings is 1. The van der Waals surface area contributed by atoms with Crippen LogP contribution in [0.1, 0.15) is 22.5 Å². The van der Waals surface area contributed by atoms with Crippen LogP contribution in [-0.4, -0.2) is 25.0 Å². The minimum atomic E-state index is -0.145. The standard InChI is InChI=1S/C17H18N2O3S/c20-16(12-6-8-22-9-7-12)18-13-3-1-4-14(11-13)19-17(21)15-5-2-10-23-15/h1-5,10-12H,6-9H2,(H,18,20)(H,19,21). The lowest BCUT2D eigenvalue weighted by atomic mass is 9.99. The molecule has 1 saturated heterocycles. The van der Waals surface area contributed by atoms with Gasteiger partial charge in [0.15, 0.2) is 0 Å².